The van der Waals surface area contributed by atoms with Crippen molar-refractivity contribution in [2.75, 3.05) is 5.32 Å². The second-order valence-corrected chi connectivity index (χ2v) is 8.49. The van der Waals surface area contributed by atoms with Crippen LogP contribution in [0.25, 0.3) is 22.7 Å². The Bertz CT molecular complexity index is 1670. The summed E-state index contributed by atoms with van der Waals surface area (Å²) in [6, 6.07) is 11.3. The number of hydrogen-bond acceptors (Lipinski definition) is 5. The van der Waals surface area contributed by atoms with Crippen molar-refractivity contribution in [1.29, 1.82) is 0 Å². The van der Waals surface area contributed by atoms with Gasteiger partial charge in [-0.25, -0.2) is 9.07 Å². The Balaban J connectivity index is 1.60. The zero-order valence-corrected chi connectivity index (χ0v) is 19.7. The van der Waals surface area contributed by atoms with Crippen molar-refractivity contribution in [3.8, 4) is 11.6 Å². The van der Waals surface area contributed by atoms with Gasteiger partial charge in [0.25, 0.3) is 11.5 Å². The number of fused-ring (bicyclic) bond motifs is 1. The minimum atomic E-state index is -0.766. The molecule has 9 nitrogen and oxygen atoms in total. The van der Waals surface area contributed by atoms with E-state index in [0.29, 0.717) is 16.7 Å². The highest BCUT2D eigenvalue weighted by Gasteiger charge is 2.20. The first-order valence-electron chi connectivity index (χ1n) is 10.6. The maximum Gasteiger partial charge on any atom is 0.263 e. The average Bonchev–Trinajstić information content (AvgIpc) is 3.39. The first kappa shape index (κ1) is 22.5. The highest BCUT2D eigenvalue weighted by molar-refractivity contribution is 6.34. The lowest BCUT2D eigenvalue weighted by Gasteiger charge is -2.10. The van der Waals surface area contributed by atoms with Gasteiger partial charge >= 0.3 is 0 Å². The molecule has 5 aromatic rings. The smallest absolute Gasteiger partial charge is 0.263 e. The Kier molecular flexibility index (Phi) is 5.45. The van der Waals surface area contributed by atoms with E-state index < -0.39 is 17.3 Å². The third kappa shape index (κ3) is 3.97. The van der Waals surface area contributed by atoms with E-state index in [1.165, 1.54) is 23.0 Å². The summed E-state index contributed by atoms with van der Waals surface area (Å²) in [6.07, 6.45) is 1.44. The van der Waals surface area contributed by atoms with Gasteiger partial charge in [0, 0.05) is 6.07 Å². The Morgan fingerprint density at radius 2 is 1.89 bits per heavy atom. The average molecular weight is 492 g/mol. The molecule has 0 fully saturated rings. The molecule has 3 heterocycles. The van der Waals surface area contributed by atoms with Crippen LogP contribution in [0, 0.1) is 26.6 Å². The van der Waals surface area contributed by atoms with E-state index in [-0.39, 0.29) is 22.4 Å². The van der Waals surface area contributed by atoms with Crippen molar-refractivity contribution < 1.29 is 9.18 Å². The highest BCUT2D eigenvalue weighted by Crippen LogP contribution is 2.23. The van der Waals surface area contributed by atoms with E-state index in [1.807, 2.05) is 32.0 Å². The zero-order valence-electron chi connectivity index (χ0n) is 18.9. The molecule has 0 aliphatic heterocycles. The van der Waals surface area contributed by atoms with Crippen LogP contribution in [0.4, 0.5) is 10.2 Å². The molecule has 2 aromatic carbocycles. The largest absolute Gasteiger partial charge is 0.306 e. The molecule has 0 radical (unpaired) electrons. The van der Waals surface area contributed by atoms with Gasteiger partial charge in [0.15, 0.2) is 5.65 Å². The number of aryl methyl sites for hydroxylation is 3. The molecule has 176 valence electrons. The molecule has 35 heavy (non-hydrogen) atoms. The molecule has 0 unspecified atom stereocenters. The minimum Gasteiger partial charge on any atom is -0.306 e. The van der Waals surface area contributed by atoms with E-state index in [4.69, 9.17) is 11.6 Å². The molecule has 2 N–H and O–H groups in total. The summed E-state index contributed by atoms with van der Waals surface area (Å²) >= 11 is 6.03. The number of amides is 1. The predicted octanol–water partition coefficient (Wildman–Crippen LogP) is 4.26. The van der Waals surface area contributed by atoms with Gasteiger partial charge < -0.3 is 5.32 Å². The molecule has 3 aromatic heterocycles. The van der Waals surface area contributed by atoms with Crippen LogP contribution < -0.4 is 10.9 Å². The third-order valence-corrected chi connectivity index (χ3v) is 5.94. The Morgan fingerprint density at radius 3 is 2.63 bits per heavy atom. The summed E-state index contributed by atoms with van der Waals surface area (Å²) in [5.41, 5.74) is 3.05. The molecule has 0 saturated heterocycles. The number of H-pyrrole nitrogens is 1. The first-order chi connectivity index (χ1) is 16.7. The molecule has 0 atom stereocenters. The maximum absolute atomic E-state index is 14.2. The maximum atomic E-state index is 14.2. The van der Waals surface area contributed by atoms with Crippen molar-refractivity contribution in [2.45, 2.75) is 20.8 Å². The first-order valence-corrected chi connectivity index (χ1v) is 11.0. The number of carbonyl (C=O) groups excluding carboxylic acids is 1. The Morgan fingerprint density at radius 1 is 1.09 bits per heavy atom. The van der Waals surface area contributed by atoms with Crippen molar-refractivity contribution in [2.24, 2.45) is 0 Å². The van der Waals surface area contributed by atoms with Crippen LogP contribution in [-0.4, -0.2) is 35.4 Å². The molecular weight excluding hydrogens is 473 g/mol. The number of aromatic amines is 1. The van der Waals surface area contributed by atoms with Gasteiger partial charge in [-0.1, -0.05) is 23.7 Å². The van der Waals surface area contributed by atoms with Crippen molar-refractivity contribution >= 4 is 34.4 Å². The van der Waals surface area contributed by atoms with Crippen LogP contribution in [0.5, 0.6) is 0 Å². The quantitative estimate of drug-likeness (QED) is 0.390. The molecule has 0 aliphatic carbocycles. The number of anilines is 1. The fourth-order valence-electron chi connectivity index (χ4n) is 3.70. The topological polar surface area (TPSA) is 110 Å². The molecule has 0 aliphatic rings. The van der Waals surface area contributed by atoms with Gasteiger partial charge in [-0.3, -0.25) is 14.6 Å². The summed E-state index contributed by atoms with van der Waals surface area (Å²) in [5, 5.41) is 11.6. The van der Waals surface area contributed by atoms with E-state index in [9.17, 15) is 14.0 Å². The van der Waals surface area contributed by atoms with Crippen LogP contribution in [0.2, 0.25) is 5.02 Å². The van der Waals surface area contributed by atoms with E-state index >= 15 is 0 Å². The van der Waals surface area contributed by atoms with E-state index in [0.717, 1.165) is 22.9 Å². The van der Waals surface area contributed by atoms with Crippen molar-refractivity contribution in [3.63, 3.8) is 0 Å². The fraction of sp³-hybridized carbons (Fsp3) is 0.125. The molecular formula is C24H19ClFN7O2. The monoisotopic (exact) mass is 491 g/mol. The molecule has 0 bridgehead atoms. The van der Waals surface area contributed by atoms with Gasteiger partial charge in [0.2, 0.25) is 5.95 Å². The Labute approximate surface area is 203 Å². The number of rotatable bonds is 4. The molecule has 0 spiro atoms. The standard InChI is InChI=1S/C24H19ClFN7O2/c1-12-7-8-15(9-13(12)2)32-21-16(11-27-32)22(34)30-24(29-21)33-19(10-14(3)31-33)28-23(35)20-17(25)5-4-6-18(20)26/h4-11H,1-3H3,(H,28,35)(H,29,30,34). The summed E-state index contributed by atoms with van der Waals surface area (Å²) in [4.78, 5) is 32.9. The second kappa shape index (κ2) is 8.48. The molecule has 0 saturated carbocycles. The van der Waals surface area contributed by atoms with Crippen LogP contribution in [-0.2, 0) is 0 Å². The second-order valence-electron chi connectivity index (χ2n) is 8.09. The number of benzene rings is 2. The summed E-state index contributed by atoms with van der Waals surface area (Å²) in [7, 11) is 0. The number of nitrogens with zero attached hydrogens (tertiary/aromatic N) is 5. The van der Waals surface area contributed by atoms with Crippen LogP contribution in [0.3, 0.4) is 0 Å². The SMILES string of the molecule is Cc1cc(NC(=O)c2c(F)cccc2Cl)n(-c2nc3c(cnn3-c3ccc(C)c(C)c3)c(=O)[nH]2)n1. The lowest BCUT2D eigenvalue weighted by atomic mass is 10.1. The number of hydrogen-bond donors (Lipinski definition) is 2. The lowest BCUT2D eigenvalue weighted by Crippen LogP contribution is -2.20. The normalized spacial score (nSPS) is 11.2. The van der Waals surface area contributed by atoms with Gasteiger partial charge in [0.1, 0.15) is 17.0 Å². The summed E-state index contributed by atoms with van der Waals surface area (Å²) in [5.74, 6) is -1.30. The number of nitrogens with one attached hydrogen (secondary N) is 2. The number of aromatic nitrogens is 6. The third-order valence-electron chi connectivity index (χ3n) is 5.62. The van der Waals surface area contributed by atoms with E-state index in [2.05, 4.69) is 25.5 Å². The van der Waals surface area contributed by atoms with Gasteiger partial charge in [-0.15, -0.1) is 0 Å². The predicted molar refractivity (Wildman–Crippen MR) is 130 cm³/mol. The highest BCUT2D eigenvalue weighted by atomic mass is 35.5. The summed E-state index contributed by atoms with van der Waals surface area (Å²) < 4.78 is 17.1. The zero-order chi connectivity index (χ0) is 24.9. The minimum absolute atomic E-state index is 0.0319. The van der Waals surface area contributed by atoms with Crippen molar-refractivity contribution in [3.05, 3.63) is 92.2 Å². The van der Waals surface area contributed by atoms with Gasteiger partial charge in [-0.05, 0) is 56.2 Å². The van der Waals surface area contributed by atoms with Crippen LogP contribution in [0.1, 0.15) is 27.2 Å². The molecule has 5 rings (SSSR count). The Hall–Kier alpha value is -4.31. The van der Waals surface area contributed by atoms with Gasteiger partial charge in [-0.2, -0.15) is 19.9 Å². The fourth-order valence-corrected chi connectivity index (χ4v) is 3.95. The summed E-state index contributed by atoms with van der Waals surface area (Å²) in [6.45, 7) is 5.70. The van der Waals surface area contributed by atoms with Gasteiger partial charge in [0.05, 0.1) is 28.2 Å². The molecule has 1 amide bonds. The lowest BCUT2D eigenvalue weighted by molar-refractivity contribution is 0.102. The number of halogens is 2. The molecule has 11 heteroatoms. The van der Waals surface area contributed by atoms with Crippen LogP contribution >= 0.6 is 11.6 Å². The van der Waals surface area contributed by atoms with E-state index in [1.54, 1.807) is 17.7 Å². The number of carbonyl (C=O) groups is 1. The van der Waals surface area contributed by atoms with Crippen LogP contribution in [0.15, 0.2) is 53.5 Å². The van der Waals surface area contributed by atoms with Crippen molar-refractivity contribution in [1.82, 2.24) is 29.5 Å².